The molecule has 0 aromatic heterocycles. The number of carbonyl (C=O) groups excluding carboxylic acids is 1. The third kappa shape index (κ3) is 2.93. The summed E-state index contributed by atoms with van der Waals surface area (Å²) in [7, 11) is -1.99. The Labute approximate surface area is 165 Å². The third-order valence-corrected chi connectivity index (χ3v) is 7.55. The molecule has 0 radical (unpaired) electrons. The highest BCUT2D eigenvalue weighted by Gasteiger charge is 2.37. The van der Waals surface area contributed by atoms with Crippen LogP contribution in [0.4, 0.5) is 5.69 Å². The van der Waals surface area contributed by atoms with Crippen molar-refractivity contribution in [3.8, 4) is 0 Å². The maximum Gasteiger partial charge on any atom is 0.258 e. The van der Waals surface area contributed by atoms with Gasteiger partial charge in [0.1, 0.15) is 0 Å². The van der Waals surface area contributed by atoms with E-state index in [9.17, 15) is 13.2 Å². The number of piperidine rings is 1. The second-order valence-electron chi connectivity index (χ2n) is 7.21. The quantitative estimate of drug-likeness (QED) is 0.844. The summed E-state index contributed by atoms with van der Waals surface area (Å²) in [5, 5.41) is 1.32. The Hall–Kier alpha value is -1.67. The van der Waals surface area contributed by atoms with E-state index in [2.05, 4.69) is 0 Å². The predicted molar refractivity (Wildman–Crippen MR) is 109 cm³/mol. The van der Waals surface area contributed by atoms with Crippen molar-refractivity contribution in [1.29, 1.82) is 0 Å². The van der Waals surface area contributed by atoms with Crippen LogP contribution in [0.3, 0.4) is 0 Å². The minimum Gasteiger partial charge on any atom is -0.326 e. The average molecular weight is 410 g/mol. The average Bonchev–Trinajstić information content (AvgIpc) is 2.88. The zero-order chi connectivity index (χ0) is 18.6. The van der Waals surface area contributed by atoms with Crippen molar-refractivity contribution >= 4 is 44.8 Å². The molecule has 146 valence electrons. The highest BCUT2D eigenvalue weighted by molar-refractivity contribution is 7.89. The fourth-order valence-corrected chi connectivity index (χ4v) is 6.18. The summed E-state index contributed by atoms with van der Waals surface area (Å²) >= 11 is 0. The monoisotopic (exact) mass is 409 g/mol. The number of anilines is 1. The van der Waals surface area contributed by atoms with Gasteiger partial charge in [-0.15, -0.1) is 12.4 Å². The van der Waals surface area contributed by atoms with Crippen LogP contribution in [0.2, 0.25) is 0 Å². The molecule has 0 saturated carbocycles. The topological polar surface area (TPSA) is 83.7 Å². The highest BCUT2D eigenvalue weighted by Crippen LogP contribution is 2.40. The predicted octanol–water partition coefficient (Wildman–Crippen LogP) is 2.74. The maximum absolute atomic E-state index is 13.5. The minimum atomic E-state index is -3.70. The fraction of sp³-hybridized carbons (Fsp3) is 0.421. The maximum atomic E-state index is 13.5. The van der Waals surface area contributed by atoms with E-state index in [-0.39, 0.29) is 35.3 Å². The SMILES string of the molecule is CC(N)C1CCCCN1S(=O)(=O)c1ccc2c3c(cccc13)C(=O)N2C.Cl. The van der Waals surface area contributed by atoms with Gasteiger partial charge in [0, 0.05) is 42.0 Å². The lowest BCUT2D eigenvalue weighted by molar-refractivity contribution is 0.0999. The number of sulfonamides is 1. The molecule has 6 nitrogen and oxygen atoms in total. The second kappa shape index (κ2) is 7.05. The van der Waals surface area contributed by atoms with E-state index in [1.54, 1.807) is 46.6 Å². The fourth-order valence-electron chi connectivity index (χ4n) is 4.21. The summed E-state index contributed by atoms with van der Waals surface area (Å²) in [4.78, 5) is 14.3. The van der Waals surface area contributed by atoms with Gasteiger partial charge in [-0.2, -0.15) is 4.31 Å². The van der Waals surface area contributed by atoms with Gasteiger partial charge in [-0.25, -0.2) is 8.42 Å². The summed E-state index contributed by atoms with van der Waals surface area (Å²) in [5.41, 5.74) is 7.39. The zero-order valence-electron chi connectivity index (χ0n) is 15.4. The Morgan fingerprint density at radius 1 is 1.19 bits per heavy atom. The number of hydrogen-bond acceptors (Lipinski definition) is 4. The lowest BCUT2D eigenvalue weighted by Crippen LogP contribution is -2.51. The van der Waals surface area contributed by atoms with Crippen LogP contribution >= 0.6 is 12.4 Å². The van der Waals surface area contributed by atoms with Gasteiger partial charge in [-0.05, 0) is 38.0 Å². The molecular formula is C19H24ClN3O3S. The molecule has 2 atom stereocenters. The van der Waals surface area contributed by atoms with E-state index in [0.717, 1.165) is 30.3 Å². The van der Waals surface area contributed by atoms with Crippen LogP contribution in [-0.2, 0) is 10.0 Å². The van der Waals surface area contributed by atoms with Crippen molar-refractivity contribution in [2.75, 3.05) is 18.5 Å². The first-order chi connectivity index (χ1) is 12.3. The zero-order valence-corrected chi connectivity index (χ0v) is 17.0. The van der Waals surface area contributed by atoms with Crippen molar-refractivity contribution in [1.82, 2.24) is 4.31 Å². The van der Waals surface area contributed by atoms with Crippen LogP contribution in [0.25, 0.3) is 10.8 Å². The van der Waals surface area contributed by atoms with Crippen LogP contribution in [0, 0.1) is 0 Å². The van der Waals surface area contributed by atoms with Crippen LogP contribution < -0.4 is 10.6 Å². The van der Waals surface area contributed by atoms with Gasteiger partial charge in [0.15, 0.2) is 0 Å². The molecule has 8 heteroatoms. The summed E-state index contributed by atoms with van der Waals surface area (Å²) in [6.07, 6.45) is 2.60. The molecule has 2 unspecified atom stereocenters. The molecule has 27 heavy (non-hydrogen) atoms. The number of nitrogens with zero attached hydrogens (tertiary/aromatic N) is 2. The van der Waals surface area contributed by atoms with Crippen LogP contribution in [0.15, 0.2) is 35.2 Å². The molecule has 0 bridgehead atoms. The standard InChI is InChI=1S/C19H23N3O3S.ClH/c1-12(20)15-8-3-4-11-22(15)26(24,25)17-10-9-16-18-13(17)6-5-7-14(18)19(23)21(16)2;/h5-7,9-10,12,15H,3-4,8,11,20H2,1-2H3;1H. The Bertz CT molecular complexity index is 1010. The number of carbonyl (C=O) groups is 1. The first-order valence-corrected chi connectivity index (χ1v) is 10.4. The second-order valence-corrected chi connectivity index (χ2v) is 9.07. The van der Waals surface area contributed by atoms with Crippen molar-refractivity contribution in [3.05, 3.63) is 35.9 Å². The van der Waals surface area contributed by atoms with Gasteiger partial charge in [0.25, 0.3) is 5.91 Å². The normalized spacial score (nSPS) is 21.4. The van der Waals surface area contributed by atoms with Crippen molar-refractivity contribution in [2.45, 2.75) is 43.2 Å². The van der Waals surface area contributed by atoms with Crippen LogP contribution in [-0.4, -0.2) is 44.3 Å². The molecule has 2 N–H and O–H groups in total. The molecule has 2 aliphatic rings. The van der Waals surface area contributed by atoms with E-state index >= 15 is 0 Å². The number of nitrogens with two attached hydrogens (primary N) is 1. The van der Waals surface area contributed by atoms with Crippen LogP contribution in [0.1, 0.15) is 36.5 Å². The first kappa shape index (κ1) is 20.1. The molecule has 0 spiro atoms. The number of rotatable bonds is 3. The molecule has 2 heterocycles. The Balaban J connectivity index is 0.00000210. The third-order valence-electron chi connectivity index (χ3n) is 5.57. The number of halogens is 1. The van der Waals surface area contributed by atoms with Gasteiger partial charge < -0.3 is 10.6 Å². The van der Waals surface area contributed by atoms with Gasteiger partial charge in [-0.3, -0.25) is 4.79 Å². The highest BCUT2D eigenvalue weighted by atomic mass is 35.5. The number of amides is 1. The molecule has 1 saturated heterocycles. The molecule has 1 amide bonds. The largest absolute Gasteiger partial charge is 0.326 e. The Morgan fingerprint density at radius 3 is 2.63 bits per heavy atom. The van der Waals surface area contributed by atoms with Crippen LogP contribution in [0.5, 0.6) is 0 Å². The molecule has 2 aliphatic heterocycles. The summed E-state index contributed by atoms with van der Waals surface area (Å²) in [5.74, 6) is -0.105. The van der Waals surface area contributed by atoms with Crippen molar-refractivity contribution in [2.24, 2.45) is 5.73 Å². The molecule has 2 aromatic carbocycles. The van der Waals surface area contributed by atoms with E-state index in [0.29, 0.717) is 17.5 Å². The van der Waals surface area contributed by atoms with E-state index in [1.807, 2.05) is 6.92 Å². The molecule has 1 fully saturated rings. The smallest absolute Gasteiger partial charge is 0.258 e. The minimum absolute atomic E-state index is 0. The molecular weight excluding hydrogens is 386 g/mol. The lowest BCUT2D eigenvalue weighted by Gasteiger charge is -2.37. The lowest BCUT2D eigenvalue weighted by atomic mass is 10.00. The van der Waals surface area contributed by atoms with E-state index in [1.165, 1.54) is 0 Å². The molecule has 4 rings (SSSR count). The van der Waals surface area contributed by atoms with Gasteiger partial charge in [0.05, 0.1) is 10.6 Å². The van der Waals surface area contributed by atoms with Gasteiger partial charge in [-0.1, -0.05) is 18.6 Å². The number of hydrogen-bond donors (Lipinski definition) is 1. The van der Waals surface area contributed by atoms with Crippen molar-refractivity contribution in [3.63, 3.8) is 0 Å². The molecule has 2 aromatic rings. The first-order valence-electron chi connectivity index (χ1n) is 8.95. The Kier molecular flexibility index (Phi) is 5.24. The number of benzene rings is 2. The van der Waals surface area contributed by atoms with E-state index < -0.39 is 10.0 Å². The molecule has 0 aliphatic carbocycles. The van der Waals surface area contributed by atoms with Crippen molar-refractivity contribution < 1.29 is 13.2 Å². The van der Waals surface area contributed by atoms with E-state index in [4.69, 9.17) is 5.73 Å². The Morgan fingerprint density at radius 2 is 1.93 bits per heavy atom. The summed E-state index contributed by atoms with van der Waals surface area (Å²) in [6.45, 7) is 2.34. The summed E-state index contributed by atoms with van der Waals surface area (Å²) in [6, 6.07) is 8.21. The van der Waals surface area contributed by atoms with Gasteiger partial charge >= 0.3 is 0 Å². The summed E-state index contributed by atoms with van der Waals surface area (Å²) < 4.78 is 28.5. The van der Waals surface area contributed by atoms with Gasteiger partial charge in [0.2, 0.25) is 10.0 Å².